The second-order valence-electron chi connectivity index (χ2n) is 6.49. The second kappa shape index (κ2) is 7.08. The van der Waals surface area contributed by atoms with E-state index < -0.39 is 20.5 Å². The molecule has 144 valence electrons. The van der Waals surface area contributed by atoms with Crippen LogP contribution in [-0.4, -0.2) is 31.5 Å². The first kappa shape index (κ1) is 19.6. The minimum Gasteiger partial charge on any atom is -0.385 e. The van der Waals surface area contributed by atoms with Gasteiger partial charge < -0.3 is 10.0 Å². The summed E-state index contributed by atoms with van der Waals surface area (Å²) < 4.78 is 23.3. The molecule has 1 heterocycles. The number of benzene rings is 2. The van der Waals surface area contributed by atoms with Gasteiger partial charge in [0, 0.05) is 41.5 Å². The van der Waals surface area contributed by atoms with Crippen molar-refractivity contribution in [3.05, 3.63) is 63.2 Å². The lowest BCUT2D eigenvalue weighted by molar-refractivity contribution is -0.385. The Balaban J connectivity index is 1.89. The number of piperidine rings is 1. The van der Waals surface area contributed by atoms with Crippen molar-refractivity contribution in [3.63, 3.8) is 0 Å². The number of nitrogens with zero attached hydrogens (tertiary/aromatic N) is 2. The molecule has 10 heteroatoms. The summed E-state index contributed by atoms with van der Waals surface area (Å²) in [5.74, 6) is 0. The number of primary sulfonamides is 1. The van der Waals surface area contributed by atoms with Crippen molar-refractivity contribution >= 4 is 33.0 Å². The van der Waals surface area contributed by atoms with Crippen molar-refractivity contribution in [1.29, 1.82) is 0 Å². The van der Waals surface area contributed by atoms with Crippen LogP contribution in [0.5, 0.6) is 0 Å². The SMILES string of the molecule is NS(=O)(=O)c1cc(N2CCC(O)(c3ccccc3Cl)CC2)cc([N+](=O)[O-])c1. The van der Waals surface area contributed by atoms with E-state index in [9.17, 15) is 23.6 Å². The summed E-state index contributed by atoms with van der Waals surface area (Å²) >= 11 is 6.20. The number of hydrogen-bond acceptors (Lipinski definition) is 6. The highest BCUT2D eigenvalue weighted by Gasteiger charge is 2.36. The highest BCUT2D eigenvalue weighted by Crippen LogP contribution is 2.38. The molecule has 0 bridgehead atoms. The first-order chi connectivity index (χ1) is 12.6. The normalized spacial score (nSPS) is 16.9. The van der Waals surface area contributed by atoms with Gasteiger partial charge in [-0.15, -0.1) is 0 Å². The van der Waals surface area contributed by atoms with Crippen LogP contribution < -0.4 is 10.0 Å². The number of nitro groups is 1. The zero-order chi connectivity index (χ0) is 19.8. The summed E-state index contributed by atoms with van der Waals surface area (Å²) in [6, 6.07) is 10.6. The smallest absolute Gasteiger partial charge is 0.272 e. The Morgan fingerprint density at radius 3 is 2.37 bits per heavy atom. The van der Waals surface area contributed by atoms with Crippen LogP contribution in [-0.2, 0) is 15.6 Å². The summed E-state index contributed by atoms with van der Waals surface area (Å²) in [6.45, 7) is 0.736. The Bertz CT molecular complexity index is 988. The fourth-order valence-electron chi connectivity index (χ4n) is 3.26. The van der Waals surface area contributed by atoms with Crippen LogP contribution in [0.4, 0.5) is 11.4 Å². The van der Waals surface area contributed by atoms with Gasteiger partial charge in [-0.2, -0.15) is 0 Å². The number of nitrogens with two attached hydrogens (primary N) is 1. The van der Waals surface area contributed by atoms with E-state index in [4.69, 9.17) is 16.7 Å². The third-order valence-corrected chi connectivity index (χ3v) is 5.97. The molecule has 0 aliphatic carbocycles. The van der Waals surface area contributed by atoms with Crippen LogP contribution in [0.1, 0.15) is 18.4 Å². The van der Waals surface area contributed by atoms with E-state index in [1.54, 1.807) is 29.2 Å². The molecule has 0 saturated carbocycles. The first-order valence-electron chi connectivity index (χ1n) is 8.15. The van der Waals surface area contributed by atoms with Gasteiger partial charge in [-0.3, -0.25) is 10.1 Å². The monoisotopic (exact) mass is 411 g/mol. The molecule has 0 aromatic heterocycles. The lowest BCUT2D eigenvalue weighted by Gasteiger charge is -2.40. The number of nitro benzene ring substituents is 1. The van der Waals surface area contributed by atoms with Crippen molar-refractivity contribution in [3.8, 4) is 0 Å². The molecule has 1 aliphatic rings. The molecular weight excluding hydrogens is 394 g/mol. The molecule has 0 unspecified atom stereocenters. The van der Waals surface area contributed by atoms with Gasteiger partial charge >= 0.3 is 0 Å². The van der Waals surface area contributed by atoms with E-state index >= 15 is 0 Å². The number of sulfonamides is 1. The standard InChI is InChI=1S/C17H18ClN3O5S/c18-16-4-2-1-3-15(16)17(22)5-7-20(8-6-17)12-9-13(21(23)24)11-14(10-12)27(19,25)26/h1-4,9-11,22H,5-8H2,(H2,19,25,26). The van der Waals surface area contributed by atoms with Gasteiger partial charge in [0.1, 0.15) is 0 Å². The average Bonchev–Trinajstić information content (AvgIpc) is 2.61. The maximum atomic E-state index is 11.7. The molecule has 3 N–H and O–H groups in total. The van der Waals surface area contributed by atoms with Crippen LogP contribution in [0.2, 0.25) is 5.02 Å². The predicted octanol–water partition coefficient (Wildman–Crippen LogP) is 2.38. The number of rotatable bonds is 4. The summed E-state index contributed by atoms with van der Waals surface area (Å²) in [5.41, 5.74) is -0.466. The van der Waals surface area contributed by atoms with Gasteiger partial charge in [-0.25, -0.2) is 13.6 Å². The number of non-ortho nitro benzene ring substituents is 1. The zero-order valence-electron chi connectivity index (χ0n) is 14.2. The van der Waals surface area contributed by atoms with E-state index in [2.05, 4.69) is 0 Å². The Hall–Kier alpha value is -2.20. The summed E-state index contributed by atoms with van der Waals surface area (Å²) in [4.78, 5) is 11.9. The molecule has 0 atom stereocenters. The molecule has 1 aliphatic heterocycles. The van der Waals surface area contributed by atoms with Crippen molar-refractivity contribution < 1.29 is 18.4 Å². The maximum absolute atomic E-state index is 11.7. The van der Waals surface area contributed by atoms with Gasteiger partial charge in [0.2, 0.25) is 10.0 Å². The van der Waals surface area contributed by atoms with Gasteiger partial charge in [0.25, 0.3) is 5.69 Å². The highest BCUT2D eigenvalue weighted by atomic mass is 35.5. The number of anilines is 1. The maximum Gasteiger partial charge on any atom is 0.272 e. The van der Waals surface area contributed by atoms with E-state index in [1.165, 1.54) is 12.1 Å². The topological polar surface area (TPSA) is 127 Å². The number of halogens is 1. The lowest BCUT2D eigenvalue weighted by atomic mass is 9.84. The van der Waals surface area contributed by atoms with Crippen LogP contribution in [0.25, 0.3) is 0 Å². The second-order valence-corrected chi connectivity index (χ2v) is 8.45. The van der Waals surface area contributed by atoms with Gasteiger partial charge in [-0.1, -0.05) is 29.8 Å². The molecule has 0 amide bonds. The van der Waals surface area contributed by atoms with Crippen LogP contribution >= 0.6 is 11.6 Å². The Morgan fingerprint density at radius 1 is 1.19 bits per heavy atom. The molecule has 0 spiro atoms. The molecular formula is C17H18ClN3O5S. The van der Waals surface area contributed by atoms with Gasteiger partial charge in [0.15, 0.2) is 0 Å². The lowest BCUT2D eigenvalue weighted by Crippen LogP contribution is -2.42. The third-order valence-electron chi connectivity index (χ3n) is 4.75. The fraction of sp³-hybridized carbons (Fsp3) is 0.294. The Kier molecular flexibility index (Phi) is 5.13. The van der Waals surface area contributed by atoms with Gasteiger partial charge in [-0.05, 0) is 25.0 Å². The molecule has 0 radical (unpaired) electrons. The van der Waals surface area contributed by atoms with Gasteiger partial charge in [0.05, 0.1) is 15.4 Å². The first-order valence-corrected chi connectivity index (χ1v) is 10.1. The fourth-order valence-corrected chi connectivity index (χ4v) is 4.14. The minimum absolute atomic E-state index is 0.321. The summed E-state index contributed by atoms with van der Waals surface area (Å²) in [6.07, 6.45) is 0.675. The van der Waals surface area contributed by atoms with Crippen molar-refractivity contribution in [2.45, 2.75) is 23.3 Å². The Morgan fingerprint density at radius 2 is 1.81 bits per heavy atom. The van der Waals surface area contributed by atoms with Crippen LogP contribution in [0, 0.1) is 10.1 Å². The van der Waals surface area contributed by atoms with Crippen molar-refractivity contribution in [1.82, 2.24) is 0 Å². The molecule has 2 aromatic carbocycles. The molecule has 8 nitrogen and oxygen atoms in total. The Labute approximate surface area is 161 Å². The van der Waals surface area contributed by atoms with E-state index in [1.807, 2.05) is 0 Å². The van der Waals surface area contributed by atoms with Crippen molar-refractivity contribution in [2.24, 2.45) is 5.14 Å². The number of aliphatic hydroxyl groups is 1. The zero-order valence-corrected chi connectivity index (χ0v) is 15.8. The minimum atomic E-state index is -4.09. The summed E-state index contributed by atoms with van der Waals surface area (Å²) in [5, 5.41) is 27.7. The molecule has 1 saturated heterocycles. The molecule has 27 heavy (non-hydrogen) atoms. The quantitative estimate of drug-likeness (QED) is 0.587. The van der Waals surface area contributed by atoms with E-state index in [0.29, 0.717) is 42.2 Å². The number of hydrogen-bond donors (Lipinski definition) is 2. The summed E-state index contributed by atoms with van der Waals surface area (Å²) in [7, 11) is -4.09. The highest BCUT2D eigenvalue weighted by molar-refractivity contribution is 7.89. The van der Waals surface area contributed by atoms with E-state index in [0.717, 1.165) is 6.07 Å². The van der Waals surface area contributed by atoms with E-state index in [-0.39, 0.29) is 10.6 Å². The largest absolute Gasteiger partial charge is 0.385 e. The predicted molar refractivity (Wildman–Crippen MR) is 101 cm³/mol. The third kappa shape index (κ3) is 4.06. The average molecular weight is 412 g/mol. The molecule has 1 fully saturated rings. The van der Waals surface area contributed by atoms with Crippen LogP contribution in [0.15, 0.2) is 47.4 Å². The van der Waals surface area contributed by atoms with Crippen LogP contribution in [0.3, 0.4) is 0 Å². The molecule has 2 aromatic rings. The molecule has 3 rings (SSSR count). The van der Waals surface area contributed by atoms with Crippen molar-refractivity contribution in [2.75, 3.05) is 18.0 Å².